The minimum absolute atomic E-state index is 0.0186. The molecule has 5 nitrogen and oxygen atoms in total. The Morgan fingerprint density at radius 2 is 1.91 bits per heavy atom. The maximum absolute atomic E-state index is 12.4. The summed E-state index contributed by atoms with van der Waals surface area (Å²) in [6.07, 6.45) is 2.32. The highest BCUT2D eigenvalue weighted by molar-refractivity contribution is 6.04. The normalized spacial score (nSPS) is 19.6. The van der Waals surface area contributed by atoms with Gasteiger partial charge in [0.2, 0.25) is 11.8 Å². The van der Waals surface area contributed by atoms with Crippen molar-refractivity contribution in [2.75, 3.05) is 11.9 Å². The lowest BCUT2D eigenvalue weighted by Gasteiger charge is -2.09. The molecule has 0 aliphatic heterocycles. The van der Waals surface area contributed by atoms with E-state index in [0.29, 0.717) is 24.6 Å². The number of amides is 2. The van der Waals surface area contributed by atoms with E-state index in [-0.39, 0.29) is 23.7 Å². The molecule has 0 radical (unpaired) electrons. The van der Waals surface area contributed by atoms with Crippen molar-refractivity contribution in [3.63, 3.8) is 0 Å². The monoisotopic (exact) mass is 311 g/mol. The van der Waals surface area contributed by atoms with E-state index in [4.69, 9.17) is 0 Å². The van der Waals surface area contributed by atoms with Gasteiger partial charge in [0.15, 0.2) is 0 Å². The Morgan fingerprint density at radius 3 is 2.70 bits per heavy atom. The van der Waals surface area contributed by atoms with E-state index in [9.17, 15) is 9.59 Å². The molecule has 1 heterocycles. The summed E-state index contributed by atoms with van der Waals surface area (Å²) in [5.41, 5.74) is 1.46. The van der Waals surface area contributed by atoms with Gasteiger partial charge in [0.25, 0.3) is 0 Å². The van der Waals surface area contributed by atoms with E-state index in [1.807, 2.05) is 44.2 Å². The molecule has 1 aromatic carbocycles. The fourth-order valence-corrected chi connectivity index (χ4v) is 2.64. The van der Waals surface area contributed by atoms with Crippen LogP contribution < -0.4 is 10.6 Å². The largest absolute Gasteiger partial charge is 0.356 e. The second-order valence-electron chi connectivity index (χ2n) is 6.46. The number of nitrogens with zero attached hydrogens (tertiary/aromatic N) is 1. The van der Waals surface area contributed by atoms with Crippen molar-refractivity contribution in [2.24, 2.45) is 17.8 Å². The molecule has 0 spiro atoms. The minimum atomic E-state index is -0.235. The summed E-state index contributed by atoms with van der Waals surface area (Å²) < 4.78 is 0. The van der Waals surface area contributed by atoms with Crippen LogP contribution in [-0.2, 0) is 9.59 Å². The Kier molecular flexibility index (Phi) is 4.28. The van der Waals surface area contributed by atoms with Crippen molar-refractivity contribution in [1.82, 2.24) is 10.3 Å². The zero-order valence-electron chi connectivity index (χ0n) is 13.4. The first-order valence-corrected chi connectivity index (χ1v) is 7.98. The van der Waals surface area contributed by atoms with E-state index in [1.165, 1.54) is 0 Å². The van der Waals surface area contributed by atoms with Crippen LogP contribution in [0.3, 0.4) is 0 Å². The molecule has 2 aromatic rings. The third-order valence-corrected chi connectivity index (χ3v) is 4.04. The number of hydrogen-bond acceptors (Lipinski definition) is 3. The van der Waals surface area contributed by atoms with E-state index in [2.05, 4.69) is 15.6 Å². The molecule has 23 heavy (non-hydrogen) atoms. The number of para-hydroxylation sites is 1. The van der Waals surface area contributed by atoms with Gasteiger partial charge in [-0.25, -0.2) is 0 Å². The summed E-state index contributed by atoms with van der Waals surface area (Å²) >= 11 is 0. The lowest BCUT2D eigenvalue weighted by atomic mass is 10.2. The van der Waals surface area contributed by atoms with Gasteiger partial charge in [-0.1, -0.05) is 32.0 Å². The van der Waals surface area contributed by atoms with Gasteiger partial charge in [0, 0.05) is 18.1 Å². The fraction of sp³-hybridized carbons (Fsp3) is 0.389. The number of aromatic nitrogens is 1. The predicted octanol–water partition coefficient (Wildman–Crippen LogP) is 2.58. The Hall–Kier alpha value is -2.43. The van der Waals surface area contributed by atoms with Crippen molar-refractivity contribution in [3.05, 3.63) is 36.5 Å². The molecule has 2 atom stereocenters. The van der Waals surface area contributed by atoms with E-state index in [0.717, 1.165) is 10.9 Å². The van der Waals surface area contributed by atoms with Gasteiger partial charge in [-0.15, -0.1) is 0 Å². The van der Waals surface area contributed by atoms with E-state index >= 15 is 0 Å². The van der Waals surface area contributed by atoms with Crippen molar-refractivity contribution < 1.29 is 9.59 Å². The number of anilines is 1. The molecule has 2 amide bonds. The lowest BCUT2D eigenvalue weighted by Crippen LogP contribution is -2.30. The number of carbonyl (C=O) groups is 2. The van der Waals surface area contributed by atoms with Crippen LogP contribution in [-0.4, -0.2) is 23.3 Å². The van der Waals surface area contributed by atoms with Crippen LogP contribution in [0.15, 0.2) is 36.5 Å². The topological polar surface area (TPSA) is 71.1 Å². The molecule has 1 aliphatic carbocycles. The summed E-state index contributed by atoms with van der Waals surface area (Å²) in [5.74, 6) is -0.146. The highest BCUT2D eigenvalue weighted by atomic mass is 16.2. The summed E-state index contributed by atoms with van der Waals surface area (Å²) in [7, 11) is 0. The quantitative estimate of drug-likeness (QED) is 0.891. The number of hydrogen-bond donors (Lipinski definition) is 2. The molecule has 1 aromatic heterocycles. The standard InChI is InChI=1S/C18H21N3O2/c1-11(2)10-20-17(22)13-9-14(13)18(23)21-15-7-3-5-12-6-4-8-19-16(12)15/h3-8,11,13-14H,9-10H2,1-2H3,(H,20,22)(H,21,23). The van der Waals surface area contributed by atoms with Crippen molar-refractivity contribution in [1.29, 1.82) is 0 Å². The third-order valence-electron chi connectivity index (χ3n) is 4.04. The van der Waals surface area contributed by atoms with Crippen molar-refractivity contribution in [3.8, 4) is 0 Å². The number of fused-ring (bicyclic) bond motifs is 1. The molecular formula is C18H21N3O2. The Labute approximate surface area is 135 Å². The first-order valence-electron chi connectivity index (χ1n) is 7.98. The molecule has 1 saturated carbocycles. The molecule has 1 fully saturated rings. The molecule has 2 unspecified atom stereocenters. The number of pyridine rings is 1. The zero-order chi connectivity index (χ0) is 16.4. The minimum Gasteiger partial charge on any atom is -0.356 e. The summed E-state index contributed by atoms with van der Waals surface area (Å²) in [5, 5.41) is 6.79. The van der Waals surface area contributed by atoms with Gasteiger partial charge in [-0.05, 0) is 24.5 Å². The molecule has 0 saturated heterocycles. The van der Waals surface area contributed by atoms with Crippen LogP contribution in [0.2, 0.25) is 0 Å². The van der Waals surface area contributed by atoms with Crippen LogP contribution in [0, 0.1) is 17.8 Å². The van der Waals surface area contributed by atoms with Gasteiger partial charge in [0.1, 0.15) is 0 Å². The van der Waals surface area contributed by atoms with E-state index in [1.54, 1.807) is 6.20 Å². The van der Waals surface area contributed by atoms with Gasteiger partial charge in [-0.2, -0.15) is 0 Å². The number of benzene rings is 1. The van der Waals surface area contributed by atoms with Gasteiger partial charge in [0.05, 0.1) is 23.0 Å². The average Bonchev–Trinajstić information content (AvgIpc) is 3.34. The molecular weight excluding hydrogens is 290 g/mol. The second-order valence-corrected chi connectivity index (χ2v) is 6.46. The maximum atomic E-state index is 12.4. The molecule has 0 bridgehead atoms. The zero-order valence-corrected chi connectivity index (χ0v) is 13.4. The number of nitrogens with one attached hydrogen (secondary N) is 2. The SMILES string of the molecule is CC(C)CNC(=O)C1CC1C(=O)Nc1cccc2cccnc12. The first kappa shape index (κ1) is 15.5. The van der Waals surface area contributed by atoms with Gasteiger partial charge in [-0.3, -0.25) is 14.6 Å². The van der Waals surface area contributed by atoms with Crippen LogP contribution in [0.1, 0.15) is 20.3 Å². The molecule has 120 valence electrons. The molecule has 5 heteroatoms. The van der Waals surface area contributed by atoms with E-state index < -0.39 is 0 Å². The van der Waals surface area contributed by atoms with Crippen molar-refractivity contribution in [2.45, 2.75) is 20.3 Å². The number of rotatable bonds is 5. The third kappa shape index (κ3) is 3.50. The van der Waals surface area contributed by atoms with Gasteiger partial charge >= 0.3 is 0 Å². The smallest absolute Gasteiger partial charge is 0.228 e. The first-order chi connectivity index (χ1) is 11.1. The molecule has 1 aliphatic rings. The number of carbonyl (C=O) groups excluding carboxylic acids is 2. The Morgan fingerprint density at radius 1 is 1.17 bits per heavy atom. The molecule has 2 N–H and O–H groups in total. The maximum Gasteiger partial charge on any atom is 0.228 e. The second kappa shape index (κ2) is 6.36. The fourth-order valence-electron chi connectivity index (χ4n) is 2.64. The van der Waals surface area contributed by atoms with Crippen molar-refractivity contribution >= 4 is 28.4 Å². The highest BCUT2D eigenvalue weighted by Crippen LogP contribution is 2.39. The lowest BCUT2D eigenvalue weighted by molar-refractivity contribution is -0.125. The molecule has 3 rings (SSSR count). The summed E-state index contributed by atoms with van der Waals surface area (Å²) in [4.78, 5) is 28.7. The van der Waals surface area contributed by atoms with Crippen LogP contribution in [0.5, 0.6) is 0 Å². The highest BCUT2D eigenvalue weighted by Gasteiger charge is 2.48. The van der Waals surface area contributed by atoms with Crippen LogP contribution in [0.25, 0.3) is 10.9 Å². The Bertz CT molecular complexity index is 737. The van der Waals surface area contributed by atoms with Crippen LogP contribution in [0.4, 0.5) is 5.69 Å². The summed E-state index contributed by atoms with van der Waals surface area (Å²) in [6, 6.07) is 9.50. The van der Waals surface area contributed by atoms with Crippen LogP contribution >= 0.6 is 0 Å². The predicted molar refractivity (Wildman–Crippen MR) is 89.8 cm³/mol. The average molecular weight is 311 g/mol. The summed E-state index contributed by atoms with van der Waals surface area (Å²) in [6.45, 7) is 4.74. The Balaban J connectivity index is 1.63. The van der Waals surface area contributed by atoms with Gasteiger partial charge < -0.3 is 10.6 Å².